The van der Waals surface area contributed by atoms with Crippen LogP contribution in [0.25, 0.3) is 0 Å². The van der Waals surface area contributed by atoms with Gasteiger partial charge in [-0.3, -0.25) is 9.48 Å². The number of ether oxygens (including phenoxy) is 1. The number of quaternary nitrogens is 1. The van der Waals surface area contributed by atoms with Crippen molar-refractivity contribution in [1.29, 1.82) is 0 Å². The van der Waals surface area contributed by atoms with Crippen LogP contribution >= 0.6 is 0 Å². The van der Waals surface area contributed by atoms with Crippen LogP contribution in [0.4, 0.5) is 4.11 Å². The molecule has 1 aromatic heterocycles. The van der Waals surface area contributed by atoms with E-state index in [0.29, 0.717) is 24.0 Å². The Morgan fingerprint density at radius 3 is 2.33 bits per heavy atom. The molecule has 0 aromatic carbocycles. The highest BCUT2D eigenvalue weighted by atomic mass is 28.4. The van der Waals surface area contributed by atoms with Crippen LogP contribution in [0.15, 0.2) is 0 Å². The highest BCUT2D eigenvalue weighted by molar-refractivity contribution is 6.90. The van der Waals surface area contributed by atoms with Crippen LogP contribution in [-0.4, -0.2) is 55.2 Å². The molecule has 8 heteroatoms. The lowest BCUT2D eigenvalue weighted by Crippen LogP contribution is -2.62. The molecule has 1 aliphatic heterocycles. The molecule has 1 atom stereocenters. The molecule has 0 saturated carbocycles. The highest BCUT2D eigenvalue weighted by Crippen LogP contribution is 2.52. The molecule has 0 spiro atoms. The van der Waals surface area contributed by atoms with Crippen molar-refractivity contribution in [3.8, 4) is 0 Å². The van der Waals surface area contributed by atoms with Crippen LogP contribution in [0.2, 0.25) is 10.1 Å². The first-order valence-electron chi connectivity index (χ1n) is 9.37. The minimum absolute atomic E-state index is 0.0817. The largest absolute Gasteiger partial charge is 0.391 e. The Bertz CT molecular complexity index is 735. The highest BCUT2D eigenvalue weighted by Gasteiger charge is 2.60. The third-order valence-electron chi connectivity index (χ3n) is 5.74. The zero-order chi connectivity index (χ0) is 20.8. The Morgan fingerprint density at radius 1 is 1.30 bits per heavy atom. The number of aryl methyl sites for hydroxylation is 1. The maximum absolute atomic E-state index is 17.0. The molecule has 0 N–H and O–H groups in total. The number of nitrogens with zero attached hydrogens (tertiary/aromatic N) is 3. The number of aromatic nitrogens is 2. The Kier molecular flexibility index (Phi) is 5.49. The lowest BCUT2D eigenvalue weighted by atomic mass is 10.1. The summed E-state index contributed by atoms with van der Waals surface area (Å²) in [5, 5.41) is 4.36. The summed E-state index contributed by atoms with van der Waals surface area (Å²) >= 11 is 0. The van der Waals surface area contributed by atoms with Gasteiger partial charge in [0, 0.05) is 19.0 Å². The minimum atomic E-state index is -3.50. The summed E-state index contributed by atoms with van der Waals surface area (Å²) in [6.45, 7) is 13.3. The van der Waals surface area contributed by atoms with E-state index in [9.17, 15) is 9.59 Å². The lowest BCUT2D eigenvalue weighted by molar-refractivity contribution is -0.917. The standard InChI is InChI=1S/C19H33FN3O3Si/c1-18(2,3)27(20,19(4,5)6)17-14-11-23(8,12-16(25)26-13-24)10-9-15(14)21-22(17)7/h13H,9-12H2,1-8H3/q+1. The number of carbonyl (C=O) groups excluding carboxylic acids is 2. The number of esters is 1. The molecule has 0 saturated heterocycles. The first-order valence-corrected chi connectivity index (χ1v) is 11.2. The van der Waals surface area contributed by atoms with Crippen molar-refractivity contribution in [2.45, 2.75) is 64.6 Å². The van der Waals surface area contributed by atoms with Crippen molar-refractivity contribution in [1.82, 2.24) is 9.78 Å². The van der Waals surface area contributed by atoms with E-state index in [1.807, 2.05) is 55.6 Å². The SMILES string of the molecule is Cn1nc2c(c1[Si](F)(C(C)(C)C)C(C)(C)C)C[N+](C)(CC(=O)OC=O)CC2. The zero-order valence-electron chi connectivity index (χ0n) is 17.9. The fourth-order valence-electron chi connectivity index (χ4n) is 4.63. The van der Waals surface area contributed by atoms with Crippen LogP contribution in [0.5, 0.6) is 0 Å². The van der Waals surface area contributed by atoms with E-state index < -0.39 is 24.5 Å². The van der Waals surface area contributed by atoms with E-state index in [0.717, 1.165) is 16.6 Å². The van der Waals surface area contributed by atoms with Crippen LogP contribution in [0, 0.1) is 0 Å². The van der Waals surface area contributed by atoms with Gasteiger partial charge in [-0.05, 0) is 10.1 Å². The van der Waals surface area contributed by atoms with E-state index in [-0.39, 0.29) is 13.0 Å². The lowest BCUT2D eigenvalue weighted by Gasteiger charge is -2.45. The van der Waals surface area contributed by atoms with Crippen LogP contribution in [0.1, 0.15) is 52.8 Å². The number of hydrogen-bond donors (Lipinski definition) is 0. The molecule has 2 rings (SSSR count). The summed E-state index contributed by atoms with van der Waals surface area (Å²) in [6.07, 6.45) is 0.673. The smallest absolute Gasteiger partial charge is 0.369 e. The van der Waals surface area contributed by atoms with Gasteiger partial charge in [0.2, 0.25) is 0 Å². The van der Waals surface area contributed by atoms with Gasteiger partial charge in [-0.2, -0.15) is 5.10 Å². The van der Waals surface area contributed by atoms with E-state index in [2.05, 4.69) is 9.84 Å². The van der Waals surface area contributed by atoms with Gasteiger partial charge in [-0.1, -0.05) is 41.5 Å². The summed E-state index contributed by atoms with van der Waals surface area (Å²) in [5.41, 5.74) is 1.86. The molecule has 6 nitrogen and oxygen atoms in total. The third kappa shape index (κ3) is 3.74. The number of halogens is 1. The Labute approximate surface area is 162 Å². The van der Waals surface area contributed by atoms with Crippen LogP contribution in [-0.2, 0) is 34.3 Å². The number of hydrogen-bond acceptors (Lipinski definition) is 4. The van der Waals surface area contributed by atoms with Gasteiger partial charge in [0.05, 0.1) is 24.6 Å². The maximum Gasteiger partial charge on any atom is 0.369 e. The first-order chi connectivity index (χ1) is 12.2. The van der Waals surface area contributed by atoms with Crippen molar-refractivity contribution >= 4 is 26.2 Å². The summed E-state index contributed by atoms with van der Waals surface area (Å²) in [5.74, 6) is -0.559. The Balaban J connectivity index is 2.57. The Hall–Kier alpha value is -1.54. The molecule has 1 aliphatic rings. The van der Waals surface area contributed by atoms with Gasteiger partial charge in [0.25, 0.3) is 0 Å². The molecular weight excluding hydrogens is 365 g/mol. The Morgan fingerprint density at radius 2 is 1.85 bits per heavy atom. The van der Waals surface area contributed by atoms with Crippen molar-refractivity contribution in [2.75, 3.05) is 20.1 Å². The van der Waals surface area contributed by atoms with E-state index in [4.69, 9.17) is 0 Å². The van der Waals surface area contributed by atoms with Gasteiger partial charge in [0.15, 0.2) is 6.54 Å². The number of rotatable bonds is 4. The monoisotopic (exact) mass is 398 g/mol. The van der Waals surface area contributed by atoms with Gasteiger partial charge < -0.3 is 13.3 Å². The number of fused-ring (bicyclic) bond motifs is 1. The van der Waals surface area contributed by atoms with Crippen molar-refractivity contribution in [3.05, 3.63) is 11.3 Å². The fourth-order valence-corrected chi connectivity index (χ4v) is 9.44. The molecule has 27 heavy (non-hydrogen) atoms. The second kappa shape index (κ2) is 6.81. The maximum atomic E-state index is 17.0. The molecule has 2 heterocycles. The topological polar surface area (TPSA) is 61.2 Å². The van der Waals surface area contributed by atoms with Gasteiger partial charge in [-0.15, -0.1) is 0 Å². The van der Waals surface area contributed by atoms with Crippen LogP contribution < -0.4 is 5.32 Å². The van der Waals surface area contributed by atoms with Gasteiger partial charge in [0.1, 0.15) is 6.54 Å². The van der Waals surface area contributed by atoms with Crippen LogP contribution in [0.3, 0.4) is 0 Å². The number of carbonyl (C=O) groups is 2. The van der Waals surface area contributed by atoms with Gasteiger partial charge in [-0.25, -0.2) is 4.79 Å². The summed E-state index contributed by atoms with van der Waals surface area (Å²) < 4.78 is 23.6. The average Bonchev–Trinajstić information content (AvgIpc) is 2.79. The van der Waals surface area contributed by atoms with E-state index in [1.165, 1.54) is 0 Å². The molecule has 1 unspecified atom stereocenters. The molecule has 0 aliphatic carbocycles. The predicted molar refractivity (Wildman–Crippen MR) is 105 cm³/mol. The second-order valence-corrected chi connectivity index (χ2v) is 14.8. The number of likely N-dealkylation sites (N-methyl/N-ethyl adjacent to an activating group) is 1. The quantitative estimate of drug-likeness (QED) is 0.195. The third-order valence-corrected chi connectivity index (χ3v) is 11.2. The van der Waals surface area contributed by atoms with E-state index in [1.54, 1.807) is 4.68 Å². The average molecular weight is 399 g/mol. The molecule has 0 fully saturated rings. The normalized spacial score (nSPS) is 20.9. The first kappa shape index (κ1) is 21.8. The van der Waals surface area contributed by atoms with Crippen molar-refractivity contribution < 1.29 is 22.9 Å². The molecule has 0 bridgehead atoms. The molecular formula is C19H33FN3O3Si+. The van der Waals surface area contributed by atoms with Crippen molar-refractivity contribution in [3.63, 3.8) is 0 Å². The molecule has 152 valence electrons. The summed E-state index contributed by atoms with van der Waals surface area (Å²) in [7, 11) is 0.277. The van der Waals surface area contributed by atoms with Gasteiger partial charge >= 0.3 is 20.8 Å². The minimum Gasteiger partial charge on any atom is -0.391 e. The van der Waals surface area contributed by atoms with E-state index >= 15 is 4.11 Å². The summed E-state index contributed by atoms with van der Waals surface area (Å²) in [4.78, 5) is 22.3. The molecule has 0 radical (unpaired) electrons. The summed E-state index contributed by atoms with van der Waals surface area (Å²) in [6, 6.07) is 0. The zero-order valence-corrected chi connectivity index (χ0v) is 18.9. The predicted octanol–water partition coefficient (Wildman–Crippen LogP) is 2.34. The van der Waals surface area contributed by atoms with Crippen molar-refractivity contribution in [2.24, 2.45) is 7.05 Å². The second-order valence-electron chi connectivity index (χ2n) is 10.1. The molecule has 1 aromatic rings. The molecule has 0 amide bonds. The fraction of sp³-hybridized carbons (Fsp3) is 0.737.